The van der Waals surface area contributed by atoms with E-state index in [0.29, 0.717) is 5.82 Å². The summed E-state index contributed by atoms with van der Waals surface area (Å²) >= 11 is 0. The Morgan fingerprint density at radius 1 is 0.288 bits per heavy atom. The molecule has 3 aromatic heterocycles. The predicted octanol–water partition coefficient (Wildman–Crippen LogP) is 16.8. The van der Waals surface area contributed by atoms with Crippen LogP contribution in [0.3, 0.4) is 0 Å². The van der Waals surface area contributed by atoms with E-state index in [0.717, 1.165) is 83.1 Å². The van der Waals surface area contributed by atoms with Gasteiger partial charge in [0.25, 0.3) is 0 Å². The zero-order chi connectivity index (χ0) is 43.3. The van der Waals surface area contributed by atoms with Gasteiger partial charge in [0.05, 0.1) is 16.7 Å². The highest BCUT2D eigenvalue weighted by Crippen LogP contribution is 2.44. The SMILES string of the molecule is c1ccc(-c2cc(-n3c4ccc(-c5ccc6ccccc6c5)cc4c4cc5c6cc(-c7ccc8oc9ccccc9c8c7)ccc6c6ccccc6c5cc43)nc(-c3ccccc3)n2)cc1. The number of benzene rings is 11. The quantitative estimate of drug-likeness (QED) is 0.162. The van der Waals surface area contributed by atoms with Crippen molar-refractivity contribution in [1.29, 1.82) is 0 Å². The first-order valence-electron chi connectivity index (χ1n) is 22.5. The Labute approximate surface area is 379 Å². The summed E-state index contributed by atoms with van der Waals surface area (Å²) in [7, 11) is 0. The van der Waals surface area contributed by atoms with Gasteiger partial charge in [0.1, 0.15) is 17.0 Å². The molecule has 3 heterocycles. The highest BCUT2D eigenvalue weighted by molar-refractivity contribution is 6.29. The van der Waals surface area contributed by atoms with Crippen LogP contribution in [0.4, 0.5) is 0 Å². The number of nitrogens with zero attached hydrogens (tertiary/aromatic N) is 3. The number of hydrogen-bond donors (Lipinski definition) is 0. The molecule has 0 aliphatic heterocycles. The Hall–Kier alpha value is -8.86. The second kappa shape index (κ2) is 14.3. The van der Waals surface area contributed by atoms with Gasteiger partial charge in [0.2, 0.25) is 0 Å². The summed E-state index contributed by atoms with van der Waals surface area (Å²) in [5, 5.41) is 14.3. The molecule has 0 saturated carbocycles. The number of fused-ring (bicyclic) bond motifs is 13. The van der Waals surface area contributed by atoms with Crippen LogP contribution < -0.4 is 0 Å². The van der Waals surface area contributed by atoms with E-state index in [2.05, 4.69) is 193 Å². The predicted molar refractivity (Wildman–Crippen MR) is 275 cm³/mol. The van der Waals surface area contributed by atoms with Gasteiger partial charge in [-0.15, -0.1) is 0 Å². The Kier molecular flexibility index (Phi) is 7.95. The molecular weight excluding hydrogens is 803 g/mol. The molecule has 0 N–H and O–H groups in total. The average molecular weight is 840 g/mol. The van der Waals surface area contributed by atoms with Crippen LogP contribution >= 0.6 is 0 Å². The minimum Gasteiger partial charge on any atom is -0.456 e. The molecule has 4 nitrogen and oxygen atoms in total. The lowest BCUT2D eigenvalue weighted by molar-refractivity contribution is 0.669. The molecule has 0 radical (unpaired) electrons. The third kappa shape index (κ3) is 5.72. The fraction of sp³-hybridized carbons (Fsp3) is 0. The summed E-state index contributed by atoms with van der Waals surface area (Å²) in [6.45, 7) is 0. The van der Waals surface area contributed by atoms with E-state index < -0.39 is 0 Å². The zero-order valence-electron chi connectivity index (χ0n) is 35.6. The minimum absolute atomic E-state index is 0.682. The van der Waals surface area contributed by atoms with Crippen molar-refractivity contribution in [2.75, 3.05) is 0 Å². The van der Waals surface area contributed by atoms with Crippen LogP contribution in [-0.4, -0.2) is 14.5 Å². The molecule has 14 aromatic rings. The van der Waals surface area contributed by atoms with Crippen LogP contribution in [0.15, 0.2) is 229 Å². The Bertz CT molecular complexity index is 4220. The fourth-order valence-corrected chi connectivity index (χ4v) is 10.4. The van der Waals surface area contributed by atoms with Crippen molar-refractivity contribution in [2.24, 2.45) is 0 Å². The lowest BCUT2D eigenvalue weighted by Gasteiger charge is -2.14. The van der Waals surface area contributed by atoms with Crippen LogP contribution in [0.1, 0.15) is 0 Å². The molecule has 0 bridgehead atoms. The normalized spacial score (nSPS) is 11.9. The first-order chi connectivity index (χ1) is 32.7. The van der Waals surface area contributed by atoms with Crippen molar-refractivity contribution in [3.05, 3.63) is 224 Å². The summed E-state index contributed by atoms with van der Waals surface area (Å²) < 4.78 is 8.59. The van der Waals surface area contributed by atoms with Gasteiger partial charge in [-0.25, -0.2) is 9.97 Å². The van der Waals surface area contributed by atoms with Crippen molar-refractivity contribution in [1.82, 2.24) is 14.5 Å². The molecule has 306 valence electrons. The number of hydrogen-bond acceptors (Lipinski definition) is 3. The molecule has 0 spiro atoms. The van der Waals surface area contributed by atoms with Gasteiger partial charge in [-0.2, -0.15) is 0 Å². The summed E-state index contributed by atoms with van der Waals surface area (Å²) in [5.74, 6) is 1.50. The first kappa shape index (κ1) is 36.6. The molecule has 0 aliphatic rings. The van der Waals surface area contributed by atoms with Crippen LogP contribution in [0, 0.1) is 0 Å². The summed E-state index contributed by atoms with van der Waals surface area (Å²) in [6.07, 6.45) is 0. The van der Waals surface area contributed by atoms with E-state index in [1.54, 1.807) is 0 Å². The lowest BCUT2D eigenvalue weighted by atomic mass is 9.91. The standard InChI is InChI=1S/C62H37N3O/c1-3-14-39(15-4-1)56-37-61(64-62(63-56)40-16-5-2-6-17-40)65-57-29-26-44(42-24-23-38-13-7-8-18-41(38)31-42)33-53(57)54-35-51-50-32-43(45-27-30-60-55(34-45)49-21-11-12-22-59(49)66-60)25-28-48(50)46-19-9-10-20-47(46)52(51)36-58(54)65/h1-37H. The molecule has 0 amide bonds. The number of furan rings is 1. The third-order valence-electron chi connectivity index (χ3n) is 13.6. The molecular formula is C62H37N3O. The molecule has 0 saturated heterocycles. The van der Waals surface area contributed by atoms with Gasteiger partial charge >= 0.3 is 0 Å². The number of para-hydroxylation sites is 1. The molecule has 14 rings (SSSR count). The van der Waals surface area contributed by atoms with Crippen molar-refractivity contribution >= 4 is 86.8 Å². The molecule has 0 fully saturated rings. The molecule has 66 heavy (non-hydrogen) atoms. The molecule has 0 aliphatic carbocycles. The van der Waals surface area contributed by atoms with Crippen LogP contribution in [0.25, 0.3) is 138 Å². The average Bonchev–Trinajstić information content (AvgIpc) is 3.93. The third-order valence-corrected chi connectivity index (χ3v) is 13.6. The maximum atomic E-state index is 6.23. The number of aromatic nitrogens is 3. The molecule has 0 unspecified atom stereocenters. The fourth-order valence-electron chi connectivity index (χ4n) is 10.4. The van der Waals surface area contributed by atoms with E-state index >= 15 is 0 Å². The Balaban J connectivity index is 1.07. The molecule has 11 aromatic carbocycles. The van der Waals surface area contributed by atoms with Crippen LogP contribution in [0.5, 0.6) is 0 Å². The Morgan fingerprint density at radius 3 is 1.65 bits per heavy atom. The molecule has 0 atom stereocenters. The van der Waals surface area contributed by atoms with E-state index in [1.165, 1.54) is 48.7 Å². The highest BCUT2D eigenvalue weighted by atomic mass is 16.3. The summed E-state index contributed by atoms with van der Waals surface area (Å²) in [5.41, 5.74) is 11.5. The minimum atomic E-state index is 0.682. The maximum Gasteiger partial charge on any atom is 0.162 e. The topological polar surface area (TPSA) is 43.9 Å². The van der Waals surface area contributed by atoms with E-state index in [9.17, 15) is 0 Å². The summed E-state index contributed by atoms with van der Waals surface area (Å²) in [6, 6.07) is 80.7. The van der Waals surface area contributed by atoms with Gasteiger partial charge in [0.15, 0.2) is 5.82 Å². The van der Waals surface area contributed by atoms with Crippen molar-refractivity contribution in [3.8, 4) is 50.7 Å². The smallest absolute Gasteiger partial charge is 0.162 e. The highest BCUT2D eigenvalue weighted by Gasteiger charge is 2.21. The van der Waals surface area contributed by atoms with Gasteiger partial charge in [-0.05, 0) is 120 Å². The summed E-state index contributed by atoms with van der Waals surface area (Å²) in [4.78, 5) is 10.6. The van der Waals surface area contributed by atoms with Crippen molar-refractivity contribution in [2.45, 2.75) is 0 Å². The van der Waals surface area contributed by atoms with Crippen LogP contribution in [0.2, 0.25) is 0 Å². The second-order valence-electron chi connectivity index (χ2n) is 17.3. The monoisotopic (exact) mass is 839 g/mol. The maximum absolute atomic E-state index is 6.23. The zero-order valence-corrected chi connectivity index (χ0v) is 35.6. The Morgan fingerprint density at radius 2 is 0.833 bits per heavy atom. The van der Waals surface area contributed by atoms with E-state index in [-0.39, 0.29) is 0 Å². The lowest BCUT2D eigenvalue weighted by Crippen LogP contribution is -2.02. The van der Waals surface area contributed by atoms with Crippen molar-refractivity contribution < 1.29 is 4.42 Å². The van der Waals surface area contributed by atoms with Gasteiger partial charge in [-0.3, -0.25) is 4.57 Å². The first-order valence-corrected chi connectivity index (χ1v) is 22.5. The largest absolute Gasteiger partial charge is 0.456 e. The van der Waals surface area contributed by atoms with Gasteiger partial charge < -0.3 is 4.42 Å². The van der Waals surface area contributed by atoms with E-state index in [4.69, 9.17) is 14.4 Å². The second-order valence-corrected chi connectivity index (χ2v) is 17.3. The van der Waals surface area contributed by atoms with Crippen LogP contribution in [-0.2, 0) is 0 Å². The number of rotatable bonds is 5. The van der Waals surface area contributed by atoms with E-state index in [1.807, 2.05) is 36.4 Å². The van der Waals surface area contributed by atoms with Gasteiger partial charge in [0, 0.05) is 38.7 Å². The van der Waals surface area contributed by atoms with Crippen molar-refractivity contribution in [3.63, 3.8) is 0 Å². The molecule has 4 heteroatoms. The van der Waals surface area contributed by atoms with Gasteiger partial charge in [-0.1, -0.05) is 164 Å².